The molecule has 0 aliphatic carbocycles. The molecule has 0 aliphatic heterocycles. The highest BCUT2D eigenvalue weighted by Gasteiger charge is 2.17. The molecule has 0 spiro atoms. The van der Waals surface area contributed by atoms with Crippen LogP contribution in [0.3, 0.4) is 0 Å². The Balaban J connectivity index is 1.88. The lowest BCUT2D eigenvalue weighted by molar-refractivity contribution is -0.384. The van der Waals surface area contributed by atoms with Gasteiger partial charge in [-0.05, 0) is 18.2 Å². The molecule has 0 atom stereocenters. The molecule has 0 radical (unpaired) electrons. The van der Waals surface area contributed by atoms with E-state index in [-0.39, 0.29) is 27.8 Å². The van der Waals surface area contributed by atoms with Crippen LogP contribution in [0.15, 0.2) is 53.3 Å². The normalized spacial score (nSPS) is 10.5. The number of carbonyl (C=O) groups excluding carboxylic acids is 1. The molecule has 3 aromatic rings. The maximum atomic E-state index is 12.5. The highest BCUT2D eigenvalue weighted by atomic mass is 16.6. The number of benzene rings is 2. The van der Waals surface area contributed by atoms with E-state index in [1.54, 1.807) is 12.1 Å². The molecular formula is C17H12N4O6. The molecule has 0 saturated carbocycles. The summed E-state index contributed by atoms with van der Waals surface area (Å²) in [6.45, 7) is -0.513. The van der Waals surface area contributed by atoms with Gasteiger partial charge >= 0.3 is 5.97 Å². The van der Waals surface area contributed by atoms with Gasteiger partial charge in [-0.15, -0.1) is 0 Å². The van der Waals surface area contributed by atoms with E-state index in [0.717, 1.165) is 4.68 Å². The van der Waals surface area contributed by atoms with Crippen LogP contribution < -0.4 is 10.9 Å². The first-order valence-electron chi connectivity index (χ1n) is 7.64. The van der Waals surface area contributed by atoms with Gasteiger partial charge in [-0.2, -0.15) is 5.10 Å². The molecule has 136 valence electrons. The van der Waals surface area contributed by atoms with Crippen molar-refractivity contribution < 1.29 is 19.6 Å². The van der Waals surface area contributed by atoms with Crippen LogP contribution in [0.2, 0.25) is 0 Å². The van der Waals surface area contributed by atoms with E-state index in [1.807, 2.05) is 0 Å². The lowest BCUT2D eigenvalue weighted by atomic mass is 10.1. The number of rotatable bonds is 5. The second kappa shape index (κ2) is 7.04. The smallest absolute Gasteiger partial charge is 0.357 e. The summed E-state index contributed by atoms with van der Waals surface area (Å²) in [5.41, 5.74) is -0.785. The van der Waals surface area contributed by atoms with Crippen molar-refractivity contribution in [2.24, 2.45) is 0 Å². The Kier molecular flexibility index (Phi) is 4.62. The quantitative estimate of drug-likeness (QED) is 0.514. The fourth-order valence-electron chi connectivity index (χ4n) is 2.50. The van der Waals surface area contributed by atoms with Crippen LogP contribution in [0.25, 0.3) is 10.8 Å². The number of carboxylic acids is 1. The molecule has 0 aliphatic rings. The highest BCUT2D eigenvalue weighted by molar-refractivity contribution is 6.01. The zero-order valence-corrected chi connectivity index (χ0v) is 13.7. The van der Waals surface area contributed by atoms with Crippen molar-refractivity contribution in [2.75, 3.05) is 5.32 Å². The van der Waals surface area contributed by atoms with E-state index >= 15 is 0 Å². The minimum Gasteiger partial charge on any atom is -0.476 e. The molecule has 1 amide bonds. The van der Waals surface area contributed by atoms with E-state index in [4.69, 9.17) is 0 Å². The third-order valence-corrected chi connectivity index (χ3v) is 3.73. The summed E-state index contributed by atoms with van der Waals surface area (Å²) in [6, 6.07) is 11.2. The number of amides is 1. The molecule has 0 fully saturated rings. The van der Waals surface area contributed by atoms with Crippen LogP contribution in [-0.2, 0) is 11.3 Å². The second-order valence-electron chi connectivity index (χ2n) is 5.51. The number of nitro benzene ring substituents is 1. The van der Waals surface area contributed by atoms with Crippen molar-refractivity contribution in [3.63, 3.8) is 0 Å². The van der Waals surface area contributed by atoms with Crippen molar-refractivity contribution >= 4 is 34.0 Å². The van der Waals surface area contributed by atoms with Crippen LogP contribution in [-0.4, -0.2) is 31.7 Å². The molecule has 0 saturated heterocycles. The summed E-state index contributed by atoms with van der Waals surface area (Å²) in [7, 11) is 0. The van der Waals surface area contributed by atoms with E-state index in [9.17, 15) is 29.6 Å². The van der Waals surface area contributed by atoms with Crippen LogP contribution >= 0.6 is 0 Å². The number of hydrogen-bond acceptors (Lipinski definition) is 6. The first kappa shape index (κ1) is 17.7. The molecule has 0 unspecified atom stereocenters. The van der Waals surface area contributed by atoms with Gasteiger partial charge in [0.25, 0.3) is 11.2 Å². The molecule has 0 bridgehead atoms. The molecule has 1 aromatic heterocycles. The monoisotopic (exact) mass is 368 g/mol. The Bertz CT molecular complexity index is 1120. The average Bonchev–Trinajstić information content (AvgIpc) is 2.64. The SMILES string of the molecule is O=C(Cn1nc(C(=O)O)c2ccccc2c1=O)Nc1ccc([N+](=O)[O-])cc1. The highest BCUT2D eigenvalue weighted by Crippen LogP contribution is 2.16. The lowest BCUT2D eigenvalue weighted by Crippen LogP contribution is -2.31. The van der Waals surface area contributed by atoms with Crippen molar-refractivity contribution in [3.05, 3.63) is 74.7 Å². The fourth-order valence-corrected chi connectivity index (χ4v) is 2.50. The Hall–Kier alpha value is -4.08. The Morgan fingerprint density at radius 2 is 1.74 bits per heavy atom. The Labute approximate surface area is 150 Å². The van der Waals surface area contributed by atoms with Gasteiger partial charge in [0.1, 0.15) is 6.54 Å². The molecule has 27 heavy (non-hydrogen) atoms. The van der Waals surface area contributed by atoms with Gasteiger partial charge in [0.15, 0.2) is 5.69 Å². The zero-order valence-electron chi connectivity index (χ0n) is 13.7. The van der Waals surface area contributed by atoms with Crippen molar-refractivity contribution in [1.29, 1.82) is 0 Å². The van der Waals surface area contributed by atoms with Gasteiger partial charge < -0.3 is 10.4 Å². The summed E-state index contributed by atoms with van der Waals surface area (Å²) in [5, 5.41) is 26.5. The van der Waals surface area contributed by atoms with Crippen molar-refractivity contribution in [3.8, 4) is 0 Å². The first-order valence-corrected chi connectivity index (χ1v) is 7.64. The van der Waals surface area contributed by atoms with Gasteiger partial charge in [0.2, 0.25) is 5.91 Å². The number of aromatic carboxylic acids is 1. The fraction of sp³-hybridized carbons (Fsp3) is 0.0588. The molecular weight excluding hydrogens is 356 g/mol. The van der Waals surface area contributed by atoms with Crippen LogP contribution in [0, 0.1) is 10.1 Å². The standard InChI is InChI=1S/C17H12N4O6/c22-14(18-10-5-7-11(8-6-10)21(26)27)9-20-16(23)13-4-2-1-3-12(13)15(19-20)17(24)25/h1-8H,9H2,(H,18,22)(H,24,25). The van der Waals surface area contributed by atoms with Gasteiger partial charge in [-0.3, -0.25) is 19.7 Å². The molecule has 2 N–H and O–H groups in total. The summed E-state index contributed by atoms with van der Waals surface area (Å²) in [6.07, 6.45) is 0. The van der Waals surface area contributed by atoms with Crippen LogP contribution in [0.5, 0.6) is 0 Å². The molecule has 1 heterocycles. The third kappa shape index (κ3) is 3.63. The molecule has 10 heteroatoms. The number of hydrogen-bond donors (Lipinski definition) is 2. The summed E-state index contributed by atoms with van der Waals surface area (Å²) < 4.78 is 0.770. The maximum Gasteiger partial charge on any atom is 0.357 e. The van der Waals surface area contributed by atoms with Crippen molar-refractivity contribution in [1.82, 2.24) is 9.78 Å². The number of fused-ring (bicyclic) bond motifs is 1. The average molecular weight is 368 g/mol. The third-order valence-electron chi connectivity index (χ3n) is 3.73. The molecule has 10 nitrogen and oxygen atoms in total. The minimum atomic E-state index is -1.32. The van der Waals surface area contributed by atoms with E-state index < -0.39 is 28.9 Å². The van der Waals surface area contributed by atoms with E-state index in [0.29, 0.717) is 0 Å². The lowest BCUT2D eigenvalue weighted by Gasteiger charge is -2.09. The van der Waals surface area contributed by atoms with Gasteiger partial charge in [-0.1, -0.05) is 18.2 Å². The summed E-state index contributed by atoms with van der Waals surface area (Å²) in [5.74, 6) is -1.96. The number of nitrogens with zero attached hydrogens (tertiary/aromatic N) is 3. The zero-order chi connectivity index (χ0) is 19.6. The maximum absolute atomic E-state index is 12.5. The number of anilines is 1. The van der Waals surface area contributed by atoms with Crippen molar-refractivity contribution in [2.45, 2.75) is 6.54 Å². The second-order valence-corrected chi connectivity index (χ2v) is 5.51. The molecule has 2 aromatic carbocycles. The van der Waals surface area contributed by atoms with E-state index in [2.05, 4.69) is 10.4 Å². The van der Waals surface area contributed by atoms with Crippen LogP contribution in [0.1, 0.15) is 10.5 Å². The van der Waals surface area contributed by atoms with Gasteiger partial charge in [-0.25, -0.2) is 9.48 Å². The predicted molar refractivity (Wildman–Crippen MR) is 94.7 cm³/mol. The molecule has 3 rings (SSSR count). The number of non-ortho nitro benzene ring substituents is 1. The Morgan fingerprint density at radius 3 is 2.33 bits per heavy atom. The number of aromatic nitrogens is 2. The Morgan fingerprint density at radius 1 is 1.11 bits per heavy atom. The number of nitrogens with one attached hydrogen (secondary N) is 1. The minimum absolute atomic E-state index is 0.132. The topological polar surface area (TPSA) is 144 Å². The largest absolute Gasteiger partial charge is 0.476 e. The first-order chi connectivity index (χ1) is 12.9. The summed E-state index contributed by atoms with van der Waals surface area (Å²) in [4.78, 5) is 46.1. The van der Waals surface area contributed by atoms with Crippen LogP contribution in [0.4, 0.5) is 11.4 Å². The number of nitro groups is 1. The number of carbonyl (C=O) groups is 2. The van der Waals surface area contributed by atoms with Gasteiger partial charge in [0.05, 0.1) is 10.3 Å². The van der Waals surface area contributed by atoms with E-state index in [1.165, 1.54) is 36.4 Å². The summed E-state index contributed by atoms with van der Waals surface area (Å²) >= 11 is 0. The number of carboxylic acid groups (broad SMARTS) is 1. The predicted octanol–water partition coefficient (Wildman–Crippen LogP) is 1.64. The van der Waals surface area contributed by atoms with Gasteiger partial charge in [0, 0.05) is 23.2 Å².